The number of nitrogens with two attached hydrogens (primary N) is 1. The lowest BCUT2D eigenvalue weighted by Gasteiger charge is -2.24. The molecule has 0 radical (unpaired) electrons. The first-order chi connectivity index (χ1) is 8.31. The van der Waals surface area contributed by atoms with E-state index in [0.717, 1.165) is 13.0 Å². The summed E-state index contributed by atoms with van der Waals surface area (Å²) in [5, 5.41) is 0. The van der Waals surface area contributed by atoms with E-state index in [1.165, 1.54) is 40.2 Å². The molecule has 1 aromatic rings. The summed E-state index contributed by atoms with van der Waals surface area (Å²) in [7, 11) is 0. The minimum atomic E-state index is 0.714. The Hall–Kier alpha value is -0.190. The second kappa shape index (κ2) is 6.66. The highest BCUT2D eigenvalue weighted by atomic mass is 79.9. The van der Waals surface area contributed by atoms with E-state index in [1.807, 2.05) is 0 Å². The Kier molecular flexibility index (Phi) is 5.19. The number of halogens is 1. The third-order valence-corrected chi connectivity index (χ3v) is 4.69. The van der Waals surface area contributed by atoms with Crippen molar-refractivity contribution in [3.05, 3.63) is 28.2 Å². The first-order valence-corrected chi connectivity index (χ1v) is 8.07. The molecule has 4 heteroatoms. The number of hydrogen-bond donors (Lipinski definition) is 1. The van der Waals surface area contributed by atoms with Crippen molar-refractivity contribution in [2.75, 3.05) is 36.0 Å². The molecule has 0 aliphatic carbocycles. The predicted molar refractivity (Wildman–Crippen MR) is 81.1 cm³/mol. The van der Waals surface area contributed by atoms with Gasteiger partial charge in [-0.15, -0.1) is 0 Å². The molecule has 1 aliphatic heterocycles. The predicted octanol–water partition coefficient (Wildman–Crippen LogP) is 2.89. The summed E-state index contributed by atoms with van der Waals surface area (Å²) in [4.78, 5) is 2.48. The lowest BCUT2D eigenvalue weighted by Crippen LogP contribution is -2.25. The highest BCUT2D eigenvalue weighted by molar-refractivity contribution is 9.10. The zero-order chi connectivity index (χ0) is 12.1. The van der Waals surface area contributed by atoms with Gasteiger partial charge in [-0.25, -0.2) is 0 Å². The number of nitrogens with zero attached hydrogens (tertiary/aromatic N) is 1. The van der Waals surface area contributed by atoms with Crippen molar-refractivity contribution in [3.63, 3.8) is 0 Å². The van der Waals surface area contributed by atoms with Crippen molar-refractivity contribution in [1.82, 2.24) is 0 Å². The number of rotatable bonds is 3. The molecule has 2 nitrogen and oxygen atoms in total. The largest absolute Gasteiger partial charge is 0.370 e. The van der Waals surface area contributed by atoms with Gasteiger partial charge in [-0.1, -0.05) is 6.07 Å². The van der Waals surface area contributed by atoms with Gasteiger partial charge in [-0.05, 0) is 58.8 Å². The van der Waals surface area contributed by atoms with E-state index >= 15 is 0 Å². The average Bonchev–Trinajstić information content (AvgIpc) is 2.58. The Morgan fingerprint density at radius 3 is 2.94 bits per heavy atom. The van der Waals surface area contributed by atoms with Crippen LogP contribution in [-0.4, -0.2) is 31.1 Å². The number of hydrogen-bond acceptors (Lipinski definition) is 3. The molecule has 2 N–H and O–H groups in total. The zero-order valence-electron chi connectivity index (χ0n) is 9.99. The van der Waals surface area contributed by atoms with Gasteiger partial charge in [-0.3, -0.25) is 0 Å². The monoisotopic (exact) mass is 314 g/mol. The van der Waals surface area contributed by atoms with E-state index in [9.17, 15) is 0 Å². The summed E-state index contributed by atoms with van der Waals surface area (Å²) >= 11 is 5.75. The fourth-order valence-electron chi connectivity index (χ4n) is 2.12. The van der Waals surface area contributed by atoms with Crippen molar-refractivity contribution in [2.24, 2.45) is 5.73 Å². The van der Waals surface area contributed by atoms with Crippen LogP contribution in [0.25, 0.3) is 0 Å². The quantitative estimate of drug-likeness (QED) is 0.930. The van der Waals surface area contributed by atoms with Gasteiger partial charge in [0.25, 0.3) is 0 Å². The van der Waals surface area contributed by atoms with Crippen LogP contribution in [0.15, 0.2) is 22.7 Å². The van der Waals surface area contributed by atoms with Crippen LogP contribution in [0, 0.1) is 0 Å². The Morgan fingerprint density at radius 1 is 1.29 bits per heavy atom. The maximum Gasteiger partial charge on any atom is 0.0511 e. The molecule has 0 aromatic heterocycles. The first kappa shape index (κ1) is 13.2. The molecule has 0 atom stereocenters. The number of thioether (sulfide) groups is 1. The van der Waals surface area contributed by atoms with Crippen LogP contribution in [0.2, 0.25) is 0 Å². The summed E-state index contributed by atoms with van der Waals surface area (Å²) in [6.45, 7) is 3.04. The third-order valence-electron chi connectivity index (χ3n) is 3.01. The zero-order valence-corrected chi connectivity index (χ0v) is 12.4. The molecule has 0 amide bonds. The molecule has 2 rings (SSSR count). The van der Waals surface area contributed by atoms with Crippen LogP contribution in [-0.2, 0) is 6.42 Å². The average molecular weight is 315 g/mol. The van der Waals surface area contributed by atoms with Gasteiger partial charge in [0.05, 0.1) is 5.69 Å². The van der Waals surface area contributed by atoms with Crippen LogP contribution in [0.1, 0.15) is 12.0 Å². The van der Waals surface area contributed by atoms with E-state index in [-0.39, 0.29) is 0 Å². The summed E-state index contributed by atoms with van der Waals surface area (Å²) in [5.74, 6) is 2.52. The molecule has 17 heavy (non-hydrogen) atoms. The lowest BCUT2D eigenvalue weighted by molar-refractivity contribution is 0.813. The van der Waals surface area contributed by atoms with Crippen molar-refractivity contribution < 1.29 is 0 Å². The Labute approximate surface area is 116 Å². The van der Waals surface area contributed by atoms with E-state index in [0.29, 0.717) is 6.54 Å². The SMILES string of the molecule is NCCc1ccc(N2CCCSCC2)c(Br)c1. The summed E-state index contributed by atoms with van der Waals surface area (Å²) in [5.41, 5.74) is 8.22. The van der Waals surface area contributed by atoms with E-state index in [1.54, 1.807) is 0 Å². The normalized spacial score (nSPS) is 16.9. The molecule has 0 spiro atoms. The first-order valence-electron chi connectivity index (χ1n) is 6.12. The van der Waals surface area contributed by atoms with Crippen molar-refractivity contribution in [2.45, 2.75) is 12.8 Å². The van der Waals surface area contributed by atoms with Crippen LogP contribution in [0.4, 0.5) is 5.69 Å². The van der Waals surface area contributed by atoms with Gasteiger partial charge in [0.15, 0.2) is 0 Å². The molecular weight excluding hydrogens is 296 g/mol. The standard InChI is InChI=1S/C13H19BrN2S/c14-12-10-11(4-5-15)2-3-13(12)16-6-1-8-17-9-7-16/h2-3,10H,1,4-9,15H2. The topological polar surface area (TPSA) is 29.3 Å². The van der Waals surface area contributed by atoms with Crippen molar-refractivity contribution in [3.8, 4) is 0 Å². The van der Waals surface area contributed by atoms with Gasteiger partial charge in [-0.2, -0.15) is 11.8 Å². The van der Waals surface area contributed by atoms with Crippen LogP contribution >= 0.6 is 27.7 Å². The fourth-order valence-corrected chi connectivity index (χ4v) is 3.68. The third kappa shape index (κ3) is 3.63. The second-order valence-electron chi connectivity index (χ2n) is 4.28. The summed E-state index contributed by atoms with van der Waals surface area (Å²) in [6.07, 6.45) is 2.23. The maximum atomic E-state index is 5.58. The van der Waals surface area contributed by atoms with Gasteiger partial charge in [0, 0.05) is 23.3 Å². The molecular formula is C13H19BrN2S. The molecule has 1 aliphatic rings. The van der Waals surface area contributed by atoms with E-state index in [2.05, 4.69) is 50.8 Å². The smallest absolute Gasteiger partial charge is 0.0511 e. The lowest BCUT2D eigenvalue weighted by atomic mass is 10.1. The van der Waals surface area contributed by atoms with E-state index < -0.39 is 0 Å². The molecule has 0 saturated carbocycles. The molecule has 0 unspecified atom stereocenters. The van der Waals surface area contributed by atoms with Gasteiger partial charge in [0.1, 0.15) is 0 Å². The van der Waals surface area contributed by atoms with Crippen LogP contribution < -0.4 is 10.6 Å². The maximum absolute atomic E-state index is 5.58. The van der Waals surface area contributed by atoms with Gasteiger partial charge in [0.2, 0.25) is 0 Å². The Bertz CT molecular complexity index is 362. The Morgan fingerprint density at radius 2 is 2.18 bits per heavy atom. The number of benzene rings is 1. The minimum Gasteiger partial charge on any atom is -0.370 e. The van der Waals surface area contributed by atoms with E-state index in [4.69, 9.17) is 5.73 Å². The molecule has 1 saturated heterocycles. The molecule has 0 bridgehead atoms. The molecule has 94 valence electrons. The summed E-state index contributed by atoms with van der Waals surface area (Å²) in [6, 6.07) is 6.64. The molecule has 1 aromatic carbocycles. The van der Waals surface area contributed by atoms with Crippen LogP contribution in [0.5, 0.6) is 0 Å². The van der Waals surface area contributed by atoms with Crippen molar-refractivity contribution >= 4 is 33.4 Å². The minimum absolute atomic E-state index is 0.714. The number of anilines is 1. The van der Waals surface area contributed by atoms with Gasteiger partial charge < -0.3 is 10.6 Å². The summed E-state index contributed by atoms with van der Waals surface area (Å²) < 4.78 is 1.20. The highest BCUT2D eigenvalue weighted by Crippen LogP contribution is 2.29. The molecule has 1 heterocycles. The highest BCUT2D eigenvalue weighted by Gasteiger charge is 2.12. The Balaban J connectivity index is 2.14. The second-order valence-corrected chi connectivity index (χ2v) is 6.36. The van der Waals surface area contributed by atoms with Gasteiger partial charge >= 0.3 is 0 Å². The van der Waals surface area contributed by atoms with Crippen molar-refractivity contribution in [1.29, 1.82) is 0 Å². The van der Waals surface area contributed by atoms with Crippen LogP contribution in [0.3, 0.4) is 0 Å². The molecule has 1 fully saturated rings. The fraction of sp³-hybridized carbons (Fsp3) is 0.538.